The zero-order chi connectivity index (χ0) is 11.4. The van der Waals surface area contributed by atoms with Gasteiger partial charge >= 0.3 is 0 Å². The highest BCUT2D eigenvalue weighted by Crippen LogP contribution is 2.25. The third kappa shape index (κ3) is 2.33. The van der Waals surface area contributed by atoms with Crippen molar-refractivity contribution in [3.8, 4) is 0 Å². The molecule has 0 fully saturated rings. The Morgan fingerprint density at radius 1 is 1.19 bits per heavy atom. The van der Waals surface area contributed by atoms with E-state index in [4.69, 9.17) is 0 Å². The van der Waals surface area contributed by atoms with E-state index in [2.05, 4.69) is 56.0 Å². The Bertz CT molecular complexity index is 430. The zero-order valence-corrected chi connectivity index (χ0v) is 9.87. The van der Waals surface area contributed by atoms with Gasteiger partial charge in [-0.05, 0) is 41.5 Å². The fraction of sp³-hybridized carbons (Fsp3) is 0.250. The lowest BCUT2D eigenvalue weighted by Gasteiger charge is -2.11. The summed E-state index contributed by atoms with van der Waals surface area (Å²) in [5.74, 6) is 0. The van der Waals surface area contributed by atoms with Crippen LogP contribution in [0, 0.1) is 0 Å². The average Bonchev–Trinajstić information content (AvgIpc) is 2.39. The van der Waals surface area contributed by atoms with Crippen molar-refractivity contribution in [2.75, 3.05) is 0 Å². The molecule has 2 rings (SSSR count). The highest BCUT2D eigenvalue weighted by Gasteiger charge is 2.04. The summed E-state index contributed by atoms with van der Waals surface area (Å²) in [6.07, 6.45) is 10.1. The molecule has 0 aliphatic heterocycles. The molecule has 0 heterocycles. The van der Waals surface area contributed by atoms with Crippen molar-refractivity contribution >= 4 is 5.57 Å². The van der Waals surface area contributed by atoms with Gasteiger partial charge in [-0.2, -0.15) is 0 Å². The Kier molecular flexibility index (Phi) is 3.40. The Balaban J connectivity index is 2.20. The molecule has 0 nitrogen and oxygen atoms in total. The second-order valence-electron chi connectivity index (χ2n) is 4.17. The van der Waals surface area contributed by atoms with E-state index in [0.29, 0.717) is 0 Å². The average molecular weight is 210 g/mol. The second-order valence-corrected chi connectivity index (χ2v) is 4.17. The summed E-state index contributed by atoms with van der Waals surface area (Å²) in [6.45, 7) is 6.36. The first-order chi connectivity index (χ1) is 7.81. The lowest BCUT2D eigenvalue weighted by Crippen LogP contribution is -1.90. The fourth-order valence-electron chi connectivity index (χ4n) is 1.95. The summed E-state index contributed by atoms with van der Waals surface area (Å²) in [5, 5.41) is 0. The summed E-state index contributed by atoms with van der Waals surface area (Å²) in [4.78, 5) is 0. The largest absolute Gasteiger partial charge is 0.0906 e. The van der Waals surface area contributed by atoms with Crippen molar-refractivity contribution in [3.05, 3.63) is 65.8 Å². The molecule has 0 unspecified atom stereocenters. The molecule has 0 saturated carbocycles. The summed E-state index contributed by atoms with van der Waals surface area (Å²) in [5.41, 5.74) is 5.02. The Morgan fingerprint density at radius 3 is 2.50 bits per heavy atom. The van der Waals surface area contributed by atoms with Gasteiger partial charge in [-0.15, -0.1) is 0 Å². The van der Waals surface area contributed by atoms with Crippen molar-refractivity contribution in [1.82, 2.24) is 0 Å². The quantitative estimate of drug-likeness (QED) is 0.687. The van der Waals surface area contributed by atoms with Crippen molar-refractivity contribution in [3.63, 3.8) is 0 Å². The first kappa shape index (κ1) is 10.9. The van der Waals surface area contributed by atoms with Gasteiger partial charge in [0.05, 0.1) is 0 Å². The maximum Gasteiger partial charge on any atom is -0.0184 e. The van der Waals surface area contributed by atoms with E-state index in [1.165, 1.54) is 16.7 Å². The molecular weight excluding hydrogens is 192 g/mol. The summed E-state index contributed by atoms with van der Waals surface area (Å²) >= 11 is 0. The molecule has 82 valence electrons. The minimum Gasteiger partial charge on any atom is -0.0906 e. The number of hydrogen-bond acceptors (Lipinski definition) is 0. The number of rotatable bonds is 3. The SMILES string of the molecule is C=C(C1=CCCC=C1)c1ccc(CC)cc1. The highest BCUT2D eigenvalue weighted by atomic mass is 14.1. The van der Waals surface area contributed by atoms with Crippen LogP contribution in [0.2, 0.25) is 0 Å². The van der Waals surface area contributed by atoms with E-state index in [0.717, 1.165) is 24.8 Å². The molecule has 1 aliphatic rings. The fourth-order valence-corrected chi connectivity index (χ4v) is 1.95. The monoisotopic (exact) mass is 210 g/mol. The van der Waals surface area contributed by atoms with Gasteiger partial charge in [0.2, 0.25) is 0 Å². The van der Waals surface area contributed by atoms with Crippen LogP contribution in [-0.4, -0.2) is 0 Å². The lowest BCUT2D eigenvalue weighted by molar-refractivity contribution is 1.03. The molecule has 16 heavy (non-hydrogen) atoms. The van der Waals surface area contributed by atoms with Crippen molar-refractivity contribution in [1.29, 1.82) is 0 Å². The summed E-state index contributed by atoms with van der Waals surface area (Å²) in [6, 6.07) is 8.72. The van der Waals surface area contributed by atoms with Crippen LogP contribution in [0.15, 0.2) is 54.6 Å². The van der Waals surface area contributed by atoms with Gasteiger partial charge in [0.15, 0.2) is 0 Å². The number of allylic oxidation sites excluding steroid dienone is 5. The molecule has 1 aromatic carbocycles. The lowest BCUT2D eigenvalue weighted by atomic mass is 9.94. The maximum absolute atomic E-state index is 4.18. The first-order valence-electron chi connectivity index (χ1n) is 5.96. The van der Waals surface area contributed by atoms with Gasteiger partial charge in [0.25, 0.3) is 0 Å². The number of hydrogen-bond donors (Lipinski definition) is 0. The van der Waals surface area contributed by atoms with Gasteiger partial charge < -0.3 is 0 Å². The Hall–Kier alpha value is -1.56. The first-order valence-corrected chi connectivity index (χ1v) is 5.96. The Labute approximate surface area is 98.0 Å². The van der Waals surface area contributed by atoms with Crippen LogP contribution in [0.3, 0.4) is 0 Å². The van der Waals surface area contributed by atoms with E-state index in [9.17, 15) is 0 Å². The van der Waals surface area contributed by atoms with Gasteiger partial charge in [-0.25, -0.2) is 0 Å². The molecule has 0 N–H and O–H groups in total. The van der Waals surface area contributed by atoms with Crippen molar-refractivity contribution in [2.45, 2.75) is 26.2 Å². The number of benzene rings is 1. The molecule has 0 radical (unpaired) electrons. The minimum atomic E-state index is 1.09. The number of aryl methyl sites for hydroxylation is 1. The highest BCUT2D eigenvalue weighted by molar-refractivity contribution is 5.80. The van der Waals surface area contributed by atoms with Gasteiger partial charge in [-0.1, -0.05) is 56.0 Å². The molecule has 0 atom stereocenters. The van der Waals surface area contributed by atoms with E-state index in [1.54, 1.807) is 0 Å². The van der Waals surface area contributed by atoms with Crippen LogP contribution in [0.4, 0.5) is 0 Å². The molecule has 0 bridgehead atoms. The standard InChI is InChI=1S/C16H18/c1-3-14-9-11-16(12-10-14)13(2)15-7-5-4-6-8-15/h5,7-12H,2-4,6H2,1H3. The van der Waals surface area contributed by atoms with Gasteiger partial charge in [-0.3, -0.25) is 0 Å². The van der Waals surface area contributed by atoms with E-state index in [1.807, 2.05) is 0 Å². The minimum absolute atomic E-state index is 1.09. The van der Waals surface area contributed by atoms with Crippen LogP contribution in [0.5, 0.6) is 0 Å². The molecule has 0 saturated heterocycles. The smallest absolute Gasteiger partial charge is 0.0184 e. The molecule has 0 aromatic heterocycles. The van der Waals surface area contributed by atoms with Crippen LogP contribution in [0.1, 0.15) is 30.9 Å². The molecule has 1 aromatic rings. The molecule has 1 aliphatic carbocycles. The molecule has 0 amide bonds. The van der Waals surface area contributed by atoms with Crippen molar-refractivity contribution < 1.29 is 0 Å². The van der Waals surface area contributed by atoms with Crippen LogP contribution in [-0.2, 0) is 6.42 Å². The summed E-state index contributed by atoms with van der Waals surface area (Å²) < 4.78 is 0. The third-order valence-corrected chi connectivity index (χ3v) is 3.05. The van der Waals surface area contributed by atoms with Crippen LogP contribution in [0.25, 0.3) is 5.57 Å². The Morgan fingerprint density at radius 2 is 1.94 bits per heavy atom. The molecule has 0 heteroatoms. The van der Waals surface area contributed by atoms with Gasteiger partial charge in [0, 0.05) is 0 Å². The van der Waals surface area contributed by atoms with Crippen LogP contribution >= 0.6 is 0 Å². The topological polar surface area (TPSA) is 0 Å². The second kappa shape index (κ2) is 4.98. The molecule has 0 spiro atoms. The van der Waals surface area contributed by atoms with Gasteiger partial charge in [0.1, 0.15) is 0 Å². The normalized spacial score (nSPS) is 14.7. The third-order valence-electron chi connectivity index (χ3n) is 3.05. The summed E-state index contributed by atoms with van der Waals surface area (Å²) in [7, 11) is 0. The predicted octanol–water partition coefficient (Wildman–Crippen LogP) is 4.54. The van der Waals surface area contributed by atoms with E-state index < -0.39 is 0 Å². The van der Waals surface area contributed by atoms with Crippen molar-refractivity contribution in [2.24, 2.45) is 0 Å². The van der Waals surface area contributed by atoms with Crippen LogP contribution < -0.4 is 0 Å². The van der Waals surface area contributed by atoms with E-state index >= 15 is 0 Å². The predicted molar refractivity (Wildman–Crippen MR) is 71.3 cm³/mol. The molecular formula is C16H18. The zero-order valence-electron chi connectivity index (χ0n) is 9.87. The van der Waals surface area contributed by atoms with E-state index in [-0.39, 0.29) is 0 Å². The maximum atomic E-state index is 4.18.